The molecule has 0 aliphatic carbocycles. The average Bonchev–Trinajstić information content (AvgIpc) is 2.86. The van der Waals surface area contributed by atoms with E-state index in [4.69, 9.17) is 14.2 Å². The summed E-state index contributed by atoms with van der Waals surface area (Å²) in [5, 5.41) is 0.515. The number of H-pyrrole nitrogens is 1. The van der Waals surface area contributed by atoms with Crippen LogP contribution in [0.15, 0.2) is 17.6 Å². The van der Waals surface area contributed by atoms with Gasteiger partial charge in [0, 0.05) is 25.3 Å². The van der Waals surface area contributed by atoms with Crippen molar-refractivity contribution >= 4 is 10.8 Å². The fraction of sp³-hybridized carbons (Fsp3) is 0.700. The van der Waals surface area contributed by atoms with Gasteiger partial charge in [0.1, 0.15) is 6.79 Å². The first-order valence-corrected chi connectivity index (χ1v) is 6.68. The second-order valence-electron chi connectivity index (χ2n) is 3.22. The van der Waals surface area contributed by atoms with Gasteiger partial charge >= 0.3 is 0 Å². The number of hydrogen-bond donors (Lipinski definition) is 1. The van der Waals surface area contributed by atoms with Gasteiger partial charge < -0.3 is 19.2 Å². The normalized spacial score (nSPS) is 12.8. The van der Waals surface area contributed by atoms with E-state index in [9.17, 15) is 4.21 Å². The molecule has 6 nitrogen and oxygen atoms in total. The molecule has 0 aliphatic heterocycles. The molecule has 1 aromatic rings. The lowest BCUT2D eigenvalue weighted by molar-refractivity contribution is -0.0652. The Hall–Kier alpha value is -0.760. The minimum atomic E-state index is -1.07. The van der Waals surface area contributed by atoms with Crippen LogP contribution in [0, 0.1) is 0 Å². The van der Waals surface area contributed by atoms with Gasteiger partial charge in [-0.15, -0.1) is 0 Å². The van der Waals surface area contributed by atoms with Gasteiger partial charge in [0.15, 0.2) is 5.16 Å². The van der Waals surface area contributed by atoms with Gasteiger partial charge in [0.2, 0.25) is 0 Å². The highest BCUT2D eigenvalue weighted by Crippen LogP contribution is 1.99. The number of methoxy groups -OCH3 is 1. The van der Waals surface area contributed by atoms with Crippen LogP contribution in [0.1, 0.15) is 6.42 Å². The minimum absolute atomic E-state index is 0.247. The first-order chi connectivity index (χ1) is 8.34. The van der Waals surface area contributed by atoms with Gasteiger partial charge in [-0.25, -0.2) is 4.98 Å². The molecule has 1 heterocycles. The molecule has 0 aliphatic rings. The number of nitrogens with zero attached hydrogens (tertiary/aromatic N) is 1. The Kier molecular flexibility index (Phi) is 7.81. The maximum Gasteiger partial charge on any atom is 0.196 e. The number of aromatic amines is 1. The van der Waals surface area contributed by atoms with Crippen molar-refractivity contribution in [2.24, 2.45) is 0 Å². The van der Waals surface area contributed by atoms with Crippen LogP contribution in [0.4, 0.5) is 0 Å². The SMILES string of the molecule is COCCOCOCCCS(=O)c1ncc[nH]1. The summed E-state index contributed by atoms with van der Waals surface area (Å²) in [7, 11) is 0.549. The molecule has 0 amide bonds. The van der Waals surface area contributed by atoms with Crippen LogP contribution in [0.3, 0.4) is 0 Å². The van der Waals surface area contributed by atoms with Gasteiger partial charge in [-0.3, -0.25) is 4.21 Å². The number of imidazole rings is 1. The monoisotopic (exact) mass is 262 g/mol. The number of ether oxygens (including phenoxy) is 3. The lowest BCUT2D eigenvalue weighted by atomic mass is 10.5. The predicted octanol–water partition coefficient (Wildman–Crippen LogP) is 0.544. The van der Waals surface area contributed by atoms with Crippen LogP contribution in [-0.4, -0.2) is 53.7 Å². The molecule has 0 radical (unpaired) electrons. The molecule has 1 rings (SSSR count). The summed E-state index contributed by atoms with van der Waals surface area (Å²) in [5.41, 5.74) is 0. The van der Waals surface area contributed by atoms with Crippen LogP contribution in [0.25, 0.3) is 0 Å². The maximum absolute atomic E-state index is 11.6. The van der Waals surface area contributed by atoms with Crippen LogP contribution >= 0.6 is 0 Å². The summed E-state index contributed by atoms with van der Waals surface area (Å²) in [6, 6.07) is 0. The van der Waals surface area contributed by atoms with E-state index >= 15 is 0 Å². The van der Waals surface area contributed by atoms with Crippen molar-refractivity contribution < 1.29 is 18.4 Å². The third kappa shape index (κ3) is 6.52. The molecule has 1 atom stereocenters. The third-order valence-corrected chi connectivity index (χ3v) is 3.22. The zero-order valence-corrected chi connectivity index (χ0v) is 10.7. The van der Waals surface area contributed by atoms with E-state index < -0.39 is 10.8 Å². The molecule has 0 saturated heterocycles. The second kappa shape index (κ2) is 9.29. The van der Waals surface area contributed by atoms with Gasteiger partial charge in [-0.2, -0.15) is 0 Å². The molecule has 1 unspecified atom stereocenters. The predicted molar refractivity (Wildman–Crippen MR) is 63.1 cm³/mol. The zero-order valence-electron chi connectivity index (χ0n) is 9.89. The summed E-state index contributed by atoms with van der Waals surface area (Å²) in [4.78, 5) is 6.75. The summed E-state index contributed by atoms with van der Waals surface area (Å²) in [5.74, 6) is 0.533. The van der Waals surface area contributed by atoms with Crippen LogP contribution in [-0.2, 0) is 25.0 Å². The summed E-state index contributed by atoms with van der Waals surface area (Å²) in [6.07, 6.45) is 3.96. The van der Waals surface area contributed by atoms with Gasteiger partial charge in [-0.1, -0.05) is 0 Å². The lowest BCUT2D eigenvalue weighted by Crippen LogP contribution is -2.08. The van der Waals surface area contributed by atoms with E-state index in [0.717, 1.165) is 0 Å². The van der Waals surface area contributed by atoms with Crippen LogP contribution in [0.5, 0.6) is 0 Å². The second-order valence-corrected chi connectivity index (χ2v) is 4.71. The number of nitrogens with one attached hydrogen (secondary N) is 1. The molecule has 7 heteroatoms. The third-order valence-electron chi connectivity index (χ3n) is 1.91. The van der Waals surface area contributed by atoms with Gasteiger partial charge in [-0.05, 0) is 6.42 Å². The minimum Gasteiger partial charge on any atom is -0.382 e. The van der Waals surface area contributed by atoms with Crippen molar-refractivity contribution in [1.29, 1.82) is 0 Å². The standard InChI is InChI=1S/C10H18N2O4S/c1-14-6-7-16-9-15-5-2-8-17(13)10-11-3-4-12-10/h3-4H,2,5-9H2,1H3,(H,11,12). The van der Waals surface area contributed by atoms with Crippen molar-refractivity contribution in [3.8, 4) is 0 Å². The highest BCUT2D eigenvalue weighted by Gasteiger charge is 2.04. The molecule has 0 fully saturated rings. The fourth-order valence-corrected chi connectivity index (χ4v) is 2.03. The Morgan fingerprint density at radius 3 is 2.88 bits per heavy atom. The average molecular weight is 262 g/mol. The molecule has 17 heavy (non-hydrogen) atoms. The first-order valence-electron chi connectivity index (χ1n) is 5.36. The molecule has 1 N–H and O–H groups in total. The Morgan fingerprint density at radius 1 is 1.35 bits per heavy atom. The summed E-state index contributed by atoms with van der Waals surface area (Å²) >= 11 is 0. The molecule has 1 aromatic heterocycles. The van der Waals surface area contributed by atoms with Crippen molar-refractivity contribution in [2.45, 2.75) is 11.6 Å². The van der Waals surface area contributed by atoms with Crippen molar-refractivity contribution in [2.75, 3.05) is 39.5 Å². The smallest absolute Gasteiger partial charge is 0.196 e. The quantitative estimate of drug-likeness (QED) is 0.492. The summed E-state index contributed by atoms with van der Waals surface area (Å²) in [6.45, 7) is 1.86. The lowest BCUT2D eigenvalue weighted by Gasteiger charge is -2.04. The molecular weight excluding hydrogens is 244 g/mol. The first kappa shape index (κ1) is 14.3. The van der Waals surface area contributed by atoms with E-state index in [1.54, 1.807) is 19.5 Å². The Bertz CT molecular complexity index is 305. The molecule has 0 bridgehead atoms. The number of rotatable bonds is 10. The topological polar surface area (TPSA) is 73.4 Å². The van der Waals surface area contributed by atoms with E-state index in [1.807, 2.05) is 0 Å². The van der Waals surface area contributed by atoms with E-state index in [1.165, 1.54) is 0 Å². The van der Waals surface area contributed by atoms with E-state index in [2.05, 4.69) is 9.97 Å². The number of aromatic nitrogens is 2. The Morgan fingerprint density at radius 2 is 2.18 bits per heavy atom. The van der Waals surface area contributed by atoms with Crippen molar-refractivity contribution in [3.63, 3.8) is 0 Å². The molecule has 98 valence electrons. The Labute approximate surface area is 103 Å². The zero-order chi connectivity index (χ0) is 12.3. The van der Waals surface area contributed by atoms with Crippen LogP contribution in [0.2, 0.25) is 0 Å². The largest absolute Gasteiger partial charge is 0.382 e. The Balaban J connectivity index is 1.92. The van der Waals surface area contributed by atoms with Crippen molar-refractivity contribution in [1.82, 2.24) is 9.97 Å². The number of hydrogen-bond acceptors (Lipinski definition) is 5. The van der Waals surface area contributed by atoms with E-state index in [0.29, 0.717) is 37.2 Å². The highest BCUT2D eigenvalue weighted by molar-refractivity contribution is 7.84. The fourth-order valence-electron chi connectivity index (χ4n) is 1.08. The summed E-state index contributed by atoms with van der Waals surface area (Å²) < 4.78 is 26.7. The maximum atomic E-state index is 11.6. The van der Waals surface area contributed by atoms with Gasteiger partial charge in [0.25, 0.3) is 0 Å². The van der Waals surface area contributed by atoms with E-state index in [-0.39, 0.29) is 6.79 Å². The van der Waals surface area contributed by atoms with Crippen molar-refractivity contribution in [3.05, 3.63) is 12.4 Å². The van der Waals surface area contributed by atoms with Gasteiger partial charge in [0.05, 0.1) is 30.6 Å². The van der Waals surface area contributed by atoms with Crippen LogP contribution < -0.4 is 0 Å². The highest BCUT2D eigenvalue weighted by atomic mass is 32.2. The molecule has 0 saturated carbocycles. The molecule has 0 aromatic carbocycles. The molecule has 0 spiro atoms. The molecular formula is C10H18N2O4S.